The van der Waals surface area contributed by atoms with Crippen LogP contribution in [0.4, 0.5) is 17.6 Å². The number of fused-ring (bicyclic) bond motifs is 1. The molecule has 70 valence electrons. The van der Waals surface area contributed by atoms with E-state index in [1.54, 1.807) is 0 Å². The average Bonchev–Trinajstić information content (AvgIpc) is 2.20. The fraction of sp³-hybridized carbons (Fsp3) is 0.333. The second kappa shape index (κ2) is 2.25. The molecule has 1 aliphatic rings. The first kappa shape index (κ1) is 8.53. The predicted octanol–water partition coefficient (Wildman–Crippen LogP) is 3.27. The first-order chi connectivity index (χ1) is 5.93. The molecule has 1 aromatic rings. The van der Waals surface area contributed by atoms with Crippen molar-refractivity contribution in [3.63, 3.8) is 0 Å². The van der Waals surface area contributed by atoms with Crippen LogP contribution in [-0.4, -0.2) is 0 Å². The first-order valence-corrected chi connectivity index (χ1v) is 3.79. The Morgan fingerprint density at radius 3 is 1.62 bits per heavy atom. The number of alkyl halides is 4. The van der Waals surface area contributed by atoms with Gasteiger partial charge in [-0.05, 0) is 0 Å². The summed E-state index contributed by atoms with van der Waals surface area (Å²) in [7, 11) is 0. The lowest BCUT2D eigenvalue weighted by Crippen LogP contribution is -2.12. The Kier molecular flexibility index (Phi) is 1.47. The van der Waals surface area contributed by atoms with Gasteiger partial charge < -0.3 is 0 Å². The van der Waals surface area contributed by atoms with Crippen LogP contribution in [-0.2, 0) is 11.8 Å². The molecule has 0 fully saturated rings. The maximum Gasteiger partial charge on any atom is 0.279 e. The van der Waals surface area contributed by atoms with E-state index < -0.39 is 29.4 Å². The van der Waals surface area contributed by atoms with Crippen molar-refractivity contribution in [3.05, 3.63) is 35.4 Å². The molecule has 0 saturated heterocycles. The van der Waals surface area contributed by atoms with Crippen molar-refractivity contribution in [2.45, 2.75) is 18.3 Å². The van der Waals surface area contributed by atoms with Gasteiger partial charge in [-0.3, -0.25) is 0 Å². The molecule has 0 atom stereocenters. The summed E-state index contributed by atoms with van der Waals surface area (Å²) < 4.78 is 51.8. The molecular formula is C9H6F4. The molecule has 0 bridgehead atoms. The quantitative estimate of drug-likeness (QED) is 0.551. The van der Waals surface area contributed by atoms with Crippen LogP contribution in [0.3, 0.4) is 0 Å². The minimum Gasteiger partial charge on any atom is -0.201 e. The van der Waals surface area contributed by atoms with Crippen molar-refractivity contribution in [3.8, 4) is 0 Å². The van der Waals surface area contributed by atoms with Gasteiger partial charge in [-0.15, -0.1) is 0 Å². The first-order valence-electron chi connectivity index (χ1n) is 3.79. The zero-order chi connectivity index (χ0) is 9.69. The van der Waals surface area contributed by atoms with Gasteiger partial charge in [0.25, 0.3) is 11.8 Å². The summed E-state index contributed by atoms with van der Waals surface area (Å²) in [5, 5.41) is 0. The molecule has 1 aromatic carbocycles. The van der Waals surface area contributed by atoms with E-state index in [0.29, 0.717) is 0 Å². The second-order valence-electron chi connectivity index (χ2n) is 3.13. The fourth-order valence-electron chi connectivity index (χ4n) is 1.59. The van der Waals surface area contributed by atoms with Crippen LogP contribution in [0.5, 0.6) is 0 Å². The second-order valence-corrected chi connectivity index (χ2v) is 3.13. The van der Waals surface area contributed by atoms with E-state index in [2.05, 4.69) is 0 Å². The zero-order valence-corrected chi connectivity index (χ0v) is 6.53. The van der Waals surface area contributed by atoms with E-state index in [-0.39, 0.29) is 0 Å². The van der Waals surface area contributed by atoms with Crippen molar-refractivity contribution in [2.75, 3.05) is 0 Å². The van der Waals surface area contributed by atoms with E-state index in [1.807, 2.05) is 0 Å². The van der Waals surface area contributed by atoms with E-state index in [1.165, 1.54) is 12.1 Å². The van der Waals surface area contributed by atoms with Crippen LogP contribution in [0.1, 0.15) is 17.5 Å². The Hall–Kier alpha value is -1.06. The minimum atomic E-state index is -3.39. The highest BCUT2D eigenvalue weighted by atomic mass is 19.3. The molecule has 1 aliphatic carbocycles. The van der Waals surface area contributed by atoms with E-state index in [0.717, 1.165) is 12.1 Å². The molecular weight excluding hydrogens is 184 g/mol. The van der Waals surface area contributed by atoms with Crippen LogP contribution >= 0.6 is 0 Å². The van der Waals surface area contributed by atoms with E-state index in [4.69, 9.17) is 0 Å². The lowest BCUT2D eigenvalue weighted by atomic mass is 10.1. The van der Waals surface area contributed by atoms with Crippen LogP contribution in [0, 0.1) is 0 Å². The Labute approximate surface area is 72.2 Å². The SMILES string of the molecule is FC1(F)CC(F)(F)c2ccccc21. The molecule has 0 saturated carbocycles. The van der Waals surface area contributed by atoms with Crippen LogP contribution in [0.25, 0.3) is 0 Å². The standard InChI is InChI=1S/C9H6F4/c10-8(11)5-9(12,13)7-4-2-1-3-6(7)8/h1-4H,5H2. The molecule has 0 unspecified atom stereocenters. The van der Waals surface area contributed by atoms with Crippen LogP contribution in [0.2, 0.25) is 0 Å². The molecule has 0 amide bonds. The molecule has 13 heavy (non-hydrogen) atoms. The maximum atomic E-state index is 13.0. The summed E-state index contributed by atoms with van der Waals surface area (Å²) in [5.41, 5.74) is -1.08. The third-order valence-corrected chi connectivity index (χ3v) is 2.16. The maximum absolute atomic E-state index is 13.0. The van der Waals surface area contributed by atoms with Gasteiger partial charge >= 0.3 is 0 Å². The summed E-state index contributed by atoms with van der Waals surface area (Å²) in [4.78, 5) is 0. The summed E-state index contributed by atoms with van der Waals surface area (Å²) in [5.74, 6) is -6.78. The normalized spacial score (nSPS) is 22.8. The topological polar surface area (TPSA) is 0 Å². The molecule has 0 aromatic heterocycles. The van der Waals surface area contributed by atoms with Crippen molar-refractivity contribution in [1.29, 1.82) is 0 Å². The minimum absolute atomic E-state index is 0.542. The summed E-state index contributed by atoms with van der Waals surface area (Å²) in [6.07, 6.45) is -1.40. The monoisotopic (exact) mass is 190 g/mol. The van der Waals surface area contributed by atoms with Crippen molar-refractivity contribution in [2.24, 2.45) is 0 Å². The highest BCUT2D eigenvalue weighted by molar-refractivity contribution is 5.39. The lowest BCUT2D eigenvalue weighted by molar-refractivity contribution is -0.0924. The third kappa shape index (κ3) is 1.12. The van der Waals surface area contributed by atoms with E-state index in [9.17, 15) is 17.6 Å². The molecule has 0 heterocycles. The molecule has 2 rings (SSSR count). The number of hydrogen-bond donors (Lipinski definition) is 0. The summed E-state index contributed by atoms with van der Waals surface area (Å²) in [6, 6.07) is 4.79. The van der Waals surface area contributed by atoms with Crippen molar-refractivity contribution in [1.82, 2.24) is 0 Å². The average molecular weight is 190 g/mol. The molecule has 0 aliphatic heterocycles. The number of benzene rings is 1. The molecule has 0 nitrogen and oxygen atoms in total. The highest BCUT2D eigenvalue weighted by Crippen LogP contribution is 2.53. The number of hydrogen-bond acceptors (Lipinski definition) is 0. The predicted molar refractivity (Wildman–Crippen MR) is 38.8 cm³/mol. The van der Waals surface area contributed by atoms with Crippen LogP contribution in [0.15, 0.2) is 24.3 Å². The van der Waals surface area contributed by atoms with Gasteiger partial charge in [0.05, 0.1) is 6.42 Å². The molecule has 4 heteroatoms. The summed E-state index contributed by atoms with van der Waals surface area (Å²) in [6.45, 7) is 0. The molecule has 0 spiro atoms. The number of rotatable bonds is 0. The number of halogens is 4. The third-order valence-electron chi connectivity index (χ3n) is 2.16. The lowest BCUT2D eigenvalue weighted by Gasteiger charge is -2.09. The summed E-state index contributed by atoms with van der Waals surface area (Å²) >= 11 is 0. The largest absolute Gasteiger partial charge is 0.279 e. The highest BCUT2D eigenvalue weighted by Gasteiger charge is 2.55. The van der Waals surface area contributed by atoms with Gasteiger partial charge in [-0.25, -0.2) is 17.6 Å². The van der Waals surface area contributed by atoms with Gasteiger partial charge in [0.2, 0.25) is 0 Å². The smallest absolute Gasteiger partial charge is 0.201 e. The Bertz CT molecular complexity index is 310. The zero-order valence-electron chi connectivity index (χ0n) is 6.53. The van der Waals surface area contributed by atoms with Gasteiger partial charge in [-0.2, -0.15) is 0 Å². The van der Waals surface area contributed by atoms with Crippen LogP contribution < -0.4 is 0 Å². The molecule has 0 N–H and O–H groups in total. The fourth-order valence-corrected chi connectivity index (χ4v) is 1.59. The van der Waals surface area contributed by atoms with Gasteiger partial charge in [0.15, 0.2) is 0 Å². The Morgan fingerprint density at radius 2 is 1.23 bits per heavy atom. The van der Waals surface area contributed by atoms with Gasteiger partial charge in [0, 0.05) is 11.1 Å². The van der Waals surface area contributed by atoms with Gasteiger partial charge in [0.1, 0.15) is 0 Å². The van der Waals surface area contributed by atoms with Crippen molar-refractivity contribution >= 4 is 0 Å². The van der Waals surface area contributed by atoms with E-state index >= 15 is 0 Å². The van der Waals surface area contributed by atoms with Crippen molar-refractivity contribution < 1.29 is 17.6 Å². The Morgan fingerprint density at radius 1 is 0.846 bits per heavy atom. The molecule has 0 radical (unpaired) electrons. The Balaban J connectivity index is 2.64. The van der Waals surface area contributed by atoms with Gasteiger partial charge in [-0.1, -0.05) is 24.3 Å².